The Morgan fingerprint density at radius 3 is 3.07 bits per heavy atom. The van der Waals surface area contributed by atoms with Crippen LogP contribution in [0.4, 0.5) is 0 Å². The zero-order valence-corrected chi connectivity index (χ0v) is 8.90. The standard InChI is InChI=1S/C10H18N4/c1-3-14-9(7-12-13-14)10(11)6-4-5-8(10)2/h7-8H,3-6,11H2,1-2H3. The summed E-state index contributed by atoms with van der Waals surface area (Å²) >= 11 is 0. The molecule has 2 atom stereocenters. The van der Waals surface area contributed by atoms with Crippen molar-refractivity contribution in [3.05, 3.63) is 11.9 Å². The van der Waals surface area contributed by atoms with E-state index < -0.39 is 0 Å². The van der Waals surface area contributed by atoms with Crippen LogP contribution in [0.2, 0.25) is 0 Å². The zero-order chi connectivity index (χ0) is 10.2. The number of hydrogen-bond donors (Lipinski definition) is 1. The van der Waals surface area contributed by atoms with Crippen molar-refractivity contribution in [3.8, 4) is 0 Å². The van der Waals surface area contributed by atoms with Crippen molar-refractivity contribution in [2.45, 2.75) is 45.2 Å². The molecule has 1 aromatic heterocycles. The van der Waals surface area contributed by atoms with Crippen molar-refractivity contribution >= 4 is 0 Å². The number of aromatic nitrogens is 3. The average molecular weight is 194 g/mol. The van der Waals surface area contributed by atoms with E-state index in [0.29, 0.717) is 5.92 Å². The second-order valence-corrected chi connectivity index (χ2v) is 4.27. The topological polar surface area (TPSA) is 56.7 Å². The van der Waals surface area contributed by atoms with Crippen LogP contribution in [-0.4, -0.2) is 15.0 Å². The summed E-state index contributed by atoms with van der Waals surface area (Å²) in [5, 5.41) is 8.00. The third kappa shape index (κ3) is 1.25. The van der Waals surface area contributed by atoms with Gasteiger partial charge in [0.15, 0.2) is 0 Å². The van der Waals surface area contributed by atoms with E-state index in [0.717, 1.165) is 18.7 Å². The fourth-order valence-corrected chi connectivity index (χ4v) is 2.44. The highest BCUT2D eigenvalue weighted by Crippen LogP contribution is 2.40. The minimum absolute atomic E-state index is 0.195. The minimum Gasteiger partial charge on any atom is -0.320 e. The van der Waals surface area contributed by atoms with Crippen LogP contribution in [-0.2, 0) is 12.1 Å². The molecule has 0 aliphatic heterocycles. The molecule has 1 aromatic rings. The normalized spacial score (nSPS) is 32.4. The maximum Gasteiger partial charge on any atom is 0.0788 e. The lowest BCUT2D eigenvalue weighted by molar-refractivity contribution is 0.321. The smallest absolute Gasteiger partial charge is 0.0788 e. The van der Waals surface area contributed by atoms with Gasteiger partial charge in [-0.25, -0.2) is 4.68 Å². The lowest BCUT2D eigenvalue weighted by Crippen LogP contribution is -2.41. The van der Waals surface area contributed by atoms with E-state index in [1.807, 2.05) is 10.9 Å². The highest BCUT2D eigenvalue weighted by atomic mass is 15.4. The Balaban J connectivity index is 2.37. The molecule has 2 rings (SSSR count). The molecule has 14 heavy (non-hydrogen) atoms. The molecule has 0 saturated heterocycles. The molecule has 4 nitrogen and oxygen atoms in total. The number of nitrogens with zero attached hydrogens (tertiary/aromatic N) is 3. The van der Waals surface area contributed by atoms with Gasteiger partial charge in [0.2, 0.25) is 0 Å². The quantitative estimate of drug-likeness (QED) is 0.771. The summed E-state index contributed by atoms with van der Waals surface area (Å²) in [6.07, 6.45) is 5.31. The molecular weight excluding hydrogens is 176 g/mol. The van der Waals surface area contributed by atoms with Gasteiger partial charge in [0.25, 0.3) is 0 Å². The Morgan fingerprint density at radius 2 is 2.50 bits per heavy atom. The zero-order valence-electron chi connectivity index (χ0n) is 8.90. The first kappa shape index (κ1) is 9.65. The SMILES string of the molecule is CCn1nncc1C1(N)CCCC1C. The third-order valence-electron chi connectivity index (χ3n) is 3.50. The highest BCUT2D eigenvalue weighted by Gasteiger charge is 2.40. The van der Waals surface area contributed by atoms with Crippen molar-refractivity contribution in [3.63, 3.8) is 0 Å². The summed E-state index contributed by atoms with van der Waals surface area (Å²) in [7, 11) is 0. The van der Waals surface area contributed by atoms with Crippen LogP contribution in [0.3, 0.4) is 0 Å². The number of hydrogen-bond acceptors (Lipinski definition) is 3. The van der Waals surface area contributed by atoms with E-state index in [2.05, 4.69) is 24.2 Å². The van der Waals surface area contributed by atoms with E-state index >= 15 is 0 Å². The van der Waals surface area contributed by atoms with Gasteiger partial charge in [0.05, 0.1) is 17.4 Å². The van der Waals surface area contributed by atoms with E-state index in [-0.39, 0.29) is 5.54 Å². The van der Waals surface area contributed by atoms with Gasteiger partial charge in [-0.2, -0.15) is 0 Å². The first-order valence-corrected chi connectivity index (χ1v) is 5.36. The van der Waals surface area contributed by atoms with Gasteiger partial charge in [-0.1, -0.05) is 18.6 Å². The van der Waals surface area contributed by atoms with Crippen molar-refractivity contribution in [1.82, 2.24) is 15.0 Å². The Labute approximate surface area is 84.5 Å². The lowest BCUT2D eigenvalue weighted by Gasteiger charge is -2.28. The summed E-state index contributed by atoms with van der Waals surface area (Å²) in [6.45, 7) is 5.14. The van der Waals surface area contributed by atoms with Crippen LogP contribution in [0.5, 0.6) is 0 Å². The van der Waals surface area contributed by atoms with Gasteiger partial charge in [0, 0.05) is 6.54 Å². The largest absolute Gasteiger partial charge is 0.320 e. The maximum absolute atomic E-state index is 6.44. The second-order valence-electron chi connectivity index (χ2n) is 4.27. The number of rotatable bonds is 2. The van der Waals surface area contributed by atoms with Gasteiger partial charge in [0.1, 0.15) is 0 Å². The Morgan fingerprint density at radius 1 is 1.71 bits per heavy atom. The molecule has 0 spiro atoms. The maximum atomic E-state index is 6.44. The first-order valence-electron chi connectivity index (χ1n) is 5.36. The molecule has 1 heterocycles. The van der Waals surface area contributed by atoms with E-state index in [4.69, 9.17) is 5.73 Å². The molecule has 2 N–H and O–H groups in total. The first-order chi connectivity index (χ1) is 6.68. The third-order valence-corrected chi connectivity index (χ3v) is 3.50. The number of nitrogens with two attached hydrogens (primary N) is 1. The molecule has 2 unspecified atom stereocenters. The predicted octanol–water partition coefficient (Wildman–Crippen LogP) is 1.27. The summed E-state index contributed by atoms with van der Waals surface area (Å²) in [5.74, 6) is 0.534. The van der Waals surface area contributed by atoms with Crippen LogP contribution in [0.25, 0.3) is 0 Å². The Kier molecular flexibility index (Phi) is 2.31. The molecule has 78 valence electrons. The van der Waals surface area contributed by atoms with Crippen LogP contribution in [0.1, 0.15) is 38.8 Å². The monoisotopic (exact) mass is 194 g/mol. The molecule has 1 aliphatic carbocycles. The van der Waals surface area contributed by atoms with Crippen molar-refractivity contribution in [2.75, 3.05) is 0 Å². The van der Waals surface area contributed by atoms with E-state index in [9.17, 15) is 0 Å². The molecule has 0 aromatic carbocycles. The van der Waals surface area contributed by atoms with Crippen LogP contribution in [0.15, 0.2) is 6.20 Å². The van der Waals surface area contributed by atoms with Gasteiger partial charge in [-0.05, 0) is 25.7 Å². The van der Waals surface area contributed by atoms with Crippen LogP contribution in [0, 0.1) is 5.92 Å². The fraction of sp³-hybridized carbons (Fsp3) is 0.800. The Bertz CT molecular complexity index is 320. The fourth-order valence-electron chi connectivity index (χ4n) is 2.44. The van der Waals surface area contributed by atoms with Crippen molar-refractivity contribution in [2.24, 2.45) is 11.7 Å². The lowest BCUT2D eigenvalue weighted by atomic mass is 9.86. The molecule has 0 amide bonds. The van der Waals surface area contributed by atoms with Gasteiger partial charge >= 0.3 is 0 Å². The predicted molar refractivity (Wildman–Crippen MR) is 54.6 cm³/mol. The Hall–Kier alpha value is -0.900. The van der Waals surface area contributed by atoms with Crippen molar-refractivity contribution < 1.29 is 0 Å². The van der Waals surface area contributed by atoms with Crippen LogP contribution >= 0.6 is 0 Å². The van der Waals surface area contributed by atoms with Crippen molar-refractivity contribution in [1.29, 1.82) is 0 Å². The molecular formula is C10H18N4. The summed E-state index contributed by atoms with van der Waals surface area (Å²) in [4.78, 5) is 0. The van der Waals surface area contributed by atoms with Crippen LogP contribution < -0.4 is 5.73 Å². The van der Waals surface area contributed by atoms with Gasteiger partial charge in [-0.15, -0.1) is 5.10 Å². The summed E-state index contributed by atoms with van der Waals surface area (Å²) in [6, 6.07) is 0. The molecule has 0 bridgehead atoms. The van der Waals surface area contributed by atoms with E-state index in [1.165, 1.54) is 12.8 Å². The molecule has 1 fully saturated rings. The van der Waals surface area contributed by atoms with Gasteiger partial charge < -0.3 is 5.73 Å². The molecule has 1 saturated carbocycles. The number of aryl methyl sites for hydroxylation is 1. The minimum atomic E-state index is -0.195. The van der Waals surface area contributed by atoms with Gasteiger partial charge in [-0.3, -0.25) is 0 Å². The summed E-state index contributed by atoms with van der Waals surface area (Å²) < 4.78 is 1.92. The second kappa shape index (κ2) is 3.35. The molecule has 0 radical (unpaired) electrons. The molecule has 1 aliphatic rings. The van der Waals surface area contributed by atoms with E-state index in [1.54, 1.807) is 0 Å². The highest BCUT2D eigenvalue weighted by molar-refractivity contribution is 5.15. The average Bonchev–Trinajstić information content (AvgIpc) is 2.75. The molecule has 4 heteroatoms. The summed E-state index contributed by atoms with van der Waals surface area (Å²) in [5.41, 5.74) is 7.35.